The van der Waals surface area contributed by atoms with Gasteiger partial charge in [-0.2, -0.15) is 5.10 Å². The first kappa shape index (κ1) is 21.3. The van der Waals surface area contributed by atoms with Crippen molar-refractivity contribution in [1.82, 2.24) is 5.43 Å². The van der Waals surface area contributed by atoms with Crippen LogP contribution in [0.25, 0.3) is 0 Å². The number of benzene rings is 3. The summed E-state index contributed by atoms with van der Waals surface area (Å²) in [6.45, 7) is 1.67. The standard InChI is InChI=1S/C23H19BrN2O4/c1-16-7-5-6-10-20(16)23(28)30-21-12-11-18(24)13-17(21)14-25-26-22(27)15-29-19-8-3-2-4-9-19/h2-14H,15H2,1H3,(H,26,27)/b25-14+. The molecule has 7 heteroatoms. The van der Waals surface area contributed by atoms with E-state index >= 15 is 0 Å². The van der Waals surface area contributed by atoms with Gasteiger partial charge >= 0.3 is 5.97 Å². The number of aryl methyl sites for hydroxylation is 1. The zero-order valence-electron chi connectivity index (χ0n) is 16.2. The van der Waals surface area contributed by atoms with Crippen molar-refractivity contribution in [3.05, 3.63) is 94.0 Å². The molecule has 3 aromatic rings. The topological polar surface area (TPSA) is 77.0 Å². The Morgan fingerprint density at radius 1 is 1.03 bits per heavy atom. The number of carbonyl (C=O) groups excluding carboxylic acids is 2. The number of rotatable bonds is 7. The molecule has 0 aromatic heterocycles. The van der Waals surface area contributed by atoms with E-state index in [0.29, 0.717) is 22.6 Å². The predicted molar refractivity (Wildman–Crippen MR) is 118 cm³/mol. The molecule has 0 saturated heterocycles. The molecular weight excluding hydrogens is 448 g/mol. The van der Waals surface area contributed by atoms with Gasteiger partial charge in [0.2, 0.25) is 0 Å². The van der Waals surface area contributed by atoms with Gasteiger partial charge in [-0.3, -0.25) is 4.79 Å². The number of amides is 1. The van der Waals surface area contributed by atoms with Crippen LogP contribution in [0.15, 0.2) is 82.4 Å². The molecule has 0 atom stereocenters. The van der Waals surface area contributed by atoms with E-state index in [4.69, 9.17) is 9.47 Å². The van der Waals surface area contributed by atoms with Crippen molar-refractivity contribution in [3.63, 3.8) is 0 Å². The number of ether oxygens (including phenoxy) is 2. The highest BCUT2D eigenvalue weighted by molar-refractivity contribution is 9.10. The maximum atomic E-state index is 12.5. The lowest BCUT2D eigenvalue weighted by Gasteiger charge is -2.09. The van der Waals surface area contributed by atoms with Gasteiger partial charge in [0.15, 0.2) is 6.61 Å². The molecule has 0 heterocycles. The summed E-state index contributed by atoms with van der Waals surface area (Å²) in [4.78, 5) is 24.4. The fraction of sp³-hybridized carbons (Fsp3) is 0.0870. The number of hydrogen-bond acceptors (Lipinski definition) is 5. The fourth-order valence-corrected chi connectivity index (χ4v) is 2.92. The minimum atomic E-state index is -0.467. The number of hydrazone groups is 1. The summed E-state index contributed by atoms with van der Waals surface area (Å²) in [5, 5.41) is 3.94. The molecule has 0 fully saturated rings. The summed E-state index contributed by atoms with van der Waals surface area (Å²) >= 11 is 3.38. The van der Waals surface area contributed by atoms with Crippen molar-refractivity contribution in [2.75, 3.05) is 6.61 Å². The average molecular weight is 467 g/mol. The van der Waals surface area contributed by atoms with E-state index in [1.165, 1.54) is 6.21 Å². The minimum Gasteiger partial charge on any atom is -0.484 e. The van der Waals surface area contributed by atoms with Gasteiger partial charge in [0.25, 0.3) is 5.91 Å². The molecule has 0 aliphatic carbocycles. The van der Waals surface area contributed by atoms with E-state index in [9.17, 15) is 9.59 Å². The molecule has 0 radical (unpaired) electrons. The van der Waals surface area contributed by atoms with Gasteiger partial charge in [0.05, 0.1) is 11.8 Å². The van der Waals surface area contributed by atoms with Crippen molar-refractivity contribution in [1.29, 1.82) is 0 Å². The van der Waals surface area contributed by atoms with E-state index in [0.717, 1.165) is 10.0 Å². The Labute approximate surface area is 182 Å². The van der Waals surface area contributed by atoms with Gasteiger partial charge in [0.1, 0.15) is 11.5 Å². The zero-order valence-corrected chi connectivity index (χ0v) is 17.8. The van der Waals surface area contributed by atoms with Gasteiger partial charge < -0.3 is 9.47 Å². The molecule has 3 aromatic carbocycles. The molecule has 3 rings (SSSR count). The highest BCUT2D eigenvalue weighted by Crippen LogP contribution is 2.23. The van der Waals surface area contributed by atoms with Crippen molar-refractivity contribution in [3.8, 4) is 11.5 Å². The number of nitrogens with zero attached hydrogens (tertiary/aromatic N) is 1. The van der Waals surface area contributed by atoms with Crippen LogP contribution in [0.3, 0.4) is 0 Å². The third kappa shape index (κ3) is 6.02. The van der Waals surface area contributed by atoms with Crippen LogP contribution in [0.2, 0.25) is 0 Å². The second-order valence-corrected chi connectivity index (χ2v) is 7.20. The summed E-state index contributed by atoms with van der Waals surface area (Å²) in [5.41, 5.74) is 4.22. The average Bonchev–Trinajstić information content (AvgIpc) is 2.75. The van der Waals surface area contributed by atoms with Crippen molar-refractivity contribution >= 4 is 34.0 Å². The summed E-state index contributed by atoms with van der Waals surface area (Å²) in [6, 6.07) is 21.3. The Morgan fingerprint density at radius 2 is 1.77 bits per heavy atom. The third-order valence-corrected chi connectivity index (χ3v) is 4.54. The molecule has 0 bridgehead atoms. The van der Waals surface area contributed by atoms with Gasteiger partial charge in [-0.25, -0.2) is 10.2 Å². The predicted octanol–water partition coefficient (Wildman–Crippen LogP) is 4.51. The summed E-state index contributed by atoms with van der Waals surface area (Å²) in [7, 11) is 0. The molecule has 0 aliphatic rings. The lowest BCUT2D eigenvalue weighted by atomic mass is 10.1. The van der Waals surface area contributed by atoms with E-state index in [-0.39, 0.29) is 6.61 Å². The van der Waals surface area contributed by atoms with Crippen LogP contribution in [-0.2, 0) is 4.79 Å². The van der Waals surface area contributed by atoms with Gasteiger partial charge in [-0.05, 0) is 48.9 Å². The molecule has 0 spiro atoms. The van der Waals surface area contributed by atoms with E-state index in [1.54, 1.807) is 42.5 Å². The Bertz CT molecular complexity index is 1070. The monoisotopic (exact) mass is 466 g/mol. The van der Waals surface area contributed by atoms with Crippen molar-refractivity contribution < 1.29 is 19.1 Å². The number of nitrogens with one attached hydrogen (secondary N) is 1. The van der Waals surface area contributed by atoms with Crippen molar-refractivity contribution in [2.24, 2.45) is 5.10 Å². The Kier molecular flexibility index (Phi) is 7.34. The molecular formula is C23H19BrN2O4. The van der Waals surface area contributed by atoms with E-state index in [2.05, 4.69) is 26.5 Å². The van der Waals surface area contributed by atoms with Crippen LogP contribution >= 0.6 is 15.9 Å². The highest BCUT2D eigenvalue weighted by Gasteiger charge is 2.13. The number of hydrogen-bond donors (Lipinski definition) is 1. The van der Waals surface area contributed by atoms with Gasteiger partial charge in [-0.1, -0.05) is 52.3 Å². The van der Waals surface area contributed by atoms with Crippen molar-refractivity contribution in [2.45, 2.75) is 6.92 Å². The number of halogens is 1. The Hall–Kier alpha value is -3.45. The molecule has 0 unspecified atom stereocenters. The van der Waals surface area contributed by atoms with Crippen LogP contribution in [0, 0.1) is 6.92 Å². The Morgan fingerprint density at radius 3 is 2.53 bits per heavy atom. The Balaban J connectivity index is 1.64. The van der Waals surface area contributed by atoms with E-state index in [1.807, 2.05) is 37.3 Å². The molecule has 0 saturated carbocycles. The summed E-state index contributed by atoms with van der Waals surface area (Å²) in [5.74, 6) is 0.0351. The molecule has 0 aliphatic heterocycles. The SMILES string of the molecule is Cc1ccccc1C(=O)Oc1ccc(Br)cc1/C=N/NC(=O)COc1ccccc1. The smallest absolute Gasteiger partial charge is 0.343 e. The maximum absolute atomic E-state index is 12.5. The molecule has 1 N–H and O–H groups in total. The fourth-order valence-electron chi connectivity index (χ4n) is 2.54. The normalized spacial score (nSPS) is 10.6. The first-order valence-electron chi connectivity index (χ1n) is 9.10. The molecule has 152 valence electrons. The van der Waals surface area contributed by atoms with Crippen LogP contribution in [-0.4, -0.2) is 24.7 Å². The molecule has 6 nitrogen and oxygen atoms in total. The lowest BCUT2D eigenvalue weighted by Crippen LogP contribution is -2.24. The molecule has 30 heavy (non-hydrogen) atoms. The number of esters is 1. The van der Waals surface area contributed by atoms with Crippen LogP contribution in [0.1, 0.15) is 21.5 Å². The number of carbonyl (C=O) groups is 2. The third-order valence-electron chi connectivity index (χ3n) is 4.05. The summed E-state index contributed by atoms with van der Waals surface area (Å²) in [6.07, 6.45) is 1.41. The first-order valence-corrected chi connectivity index (χ1v) is 9.89. The minimum absolute atomic E-state index is 0.172. The van der Waals surface area contributed by atoms with Crippen LogP contribution in [0.4, 0.5) is 0 Å². The highest BCUT2D eigenvalue weighted by atomic mass is 79.9. The van der Waals surface area contributed by atoms with Crippen LogP contribution < -0.4 is 14.9 Å². The number of para-hydroxylation sites is 1. The van der Waals surface area contributed by atoms with Gasteiger partial charge in [-0.15, -0.1) is 0 Å². The maximum Gasteiger partial charge on any atom is 0.343 e. The summed E-state index contributed by atoms with van der Waals surface area (Å²) < 4.78 is 11.7. The second kappa shape index (κ2) is 10.4. The largest absolute Gasteiger partial charge is 0.484 e. The zero-order chi connectivity index (χ0) is 21.3. The first-order chi connectivity index (χ1) is 14.5. The van der Waals surface area contributed by atoms with E-state index < -0.39 is 11.9 Å². The van der Waals surface area contributed by atoms with Crippen LogP contribution in [0.5, 0.6) is 11.5 Å². The molecule has 1 amide bonds. The lowest BCUT2D eigenvalue weighted by molar-refractivity contribution is -0.123. The second-order valence-electron chi connectivity index (χ2n) is 6.28. The van der Waals surface area contributed by atoms with Gasteiger partial charge in [0, 0.05) is 10.0 Å². The quantitative estimate of drug-likeness (QED) is 0.240.